The standard InChI is InChI=1S/3C5H5N.Ir/c3*1-2-4-6-5-3-1;/h3*1-5H;. The van der Waals surface area contributed by atoms with E-state index < -0.39 is 0 Å². The van der Waals surface area contributed by atoms with E-state index >= 15 is 0 Å². The van der Waals surface area contributed by atoms with Crippen LogP contribution in [0.2, 0.25) is 0 Å². The van der Waals surface area contributed by atoms with Crippen LogP contribution in [0.1, 0.15) is 0 Å². The first-order valence-corrected chi connectivity index (χ1v) is 5.55. The monoisotopic (exact) mass is 430 g/mol. The molecule has 4 heteroatoms. The van der Waals surface area contributed by atoms with Crippen molar-refractivity contribution in [3.8, 4) is 0 Å². The van der Waals surface area contributed by atoms with Crippen molar-refractivity contribution in [3.63, 3.8) is 0 Å². The Hall–Kier alpha value is -1.90. The number of aromatic nitrogens is 3. The molecule has 99 valence electrons. The molecule has 3 nitrogen and oxygen atoms in total. The fourth-order valence-electron chi connectivity index (χ4n) is 0.938. The summed E-state index contributed by atoms with van der Waals surface area (Å²) < 4.78 is 0. The van der Waals surface area contributed by atoms with Crippen molar-refractivity contribution in [2.75, 3.05) is 0 Å². The number of pyridine rings is 3. The summed E-state index contributed by atoms with van der Waals surface area (Å²) in [5.41, 5.74) is 0. The molecule has 1 radical (unpaired) electrons. The Kier molecular flexibility index (Phi) is 12.7. The summed E-state index contributed by atoms with van der Waals surface area (Å²) in [7, 11) is 0. The molecule has 0 atom stereocenters. The molecule has 0 unspecified atom stereocenters. The summed E-state index contributed by atoms with van der Waals surface area (Å²) in [6.45, 7) is 0. The molecule has 0 aliphatic carbocycles. The predicted octanol–water partition coefficient (Wildman–Crippen LogP) is 3.24. The van der Waals surface area contributed by atoms with Gasteiger partial charge in [0.1, 0.15) is 0 Å². The van der Waals surface area contributed by atoms with Crippen LogP contribution in [0.4, 0.5) is 0 Å². The van der Waals surface area contributed by atoms with Crippen molar-refractivity contribution >= 4 is 0 Å². The molecule has 19 heavy (non-hydrogen) atoms. The van der Waals surface area contributed by atoms with Gasteiger partial charge in [-0.1, -0.05) is 18.2 Å². The average Bonchev–Trinajstić information content (AvgIpc) is 2.54. The van der Waals surface area contributed by atoms with E-state index in [0.29, 0.717) is 0 Å². The Bertz CT molecular complexity index is 308. The zero-order chi connectivity index (χ0) is 12.7. The van der Waals surface area contributed by atoms with Crippen LogP contribution in [0, 0.1) is 0 Å². The van der Waals surface area contributed by atoms with E-state index in [2.05, 4.69) is 15.0 Å². The molecular weight excluding hydrogens is 414 g/mol. The first-order chi connectivity index (χ1) is 9.00. The van der Waals surface area contributed by atoms with E-state index in [1.54, 1.807) is 37.2 Å². The summed E-state index contributed by atoms with van der Waals surface area (Å²) >= 11 is 0. The third-order valence-corrected chi connectivity index (χ3v) is 1.70. The largest absolute Gasteiger partial charge is 0.265 e. The molecule has 0 amide bonds. The molecule has 0 aliphatic rings. The second kappa shape index (κ2) is 14.2. The van der Waals surface area contributed by atoms with Crippen LogP contribution < -0.4 is 0 Å². The molecule has 0 spiro atoms. The minimum absolute atomic E-state index is 0. The Labute approximate surface area is 127 Å². The summed E-state index contributed by atoms with van der Waals surface area (Å²) in [5, 5.41) is 0. The maximum absolute atomic E-state index is 3.78. The predicted molar refractivity (Wildman–Crippen MR) is 72.7 cm³/mol. The first kappa shape index (κ1) is 17.1. The molecule has 3 aromatic rings. The Morgan fingerprint density at radius 3 is 0.579 bits per heavy atom. The smallest absolute Gasteiger partial charge is 0.0267 e. The van der Waals surface area contributed by atoms with Crippen LogP contribution >= 0.6 is 0 Å². The van der Waals surface area contributed by atoms with E-state index in [1.807, 2.05) is 54.6 Å². The normalized spacial score (nSPS) is 7.58. The molecule has 0 fully saturated rings. The van der Waals surface area contributed by atoms with Crippen LogP contribution in [-0.2, 0) is 20.1 Å². The number of rotatable bonds is 0. The third-order valence-electron chi connectivity index (χ3n) is 1.70. The topological polar surface area (TPSA) is 38.7 Å². The van der Waals surface area contributed by atoms with Crippen LogP contribution in [0.15, 0.2) is 91.8 Å². The average molecular weight is 430 g/mol. The van der Waals surface area contributed by atoms with Gasteiger partial charge in [-0.3, -0.25) is 15.0 Å². The van der Waals surface area contributed by atoms with Gasteiger partial charge in [0.25, 0.3) is 0 Å². The quantitative estimate of drug-likeness (QED) is 0.551. The molecule has 0 bridgehead atoms. The SMILES string of the molecule is [Ir].c1ccncc1.c1ccncc1.c1ccncc1. The number of nitrogens with zero attached hydrogens (tertiary/aromatic N) is 3. The van der Waals surface area contributed by atoms with Crippen molar-refractivity contribution in [1.29, 1.82) is 0 Å². The van der Waals surface area contributed by atoms with Crippen molar-refractivity contribution in [3.05, 3.63) is 91.8 Å². The minimum Gasteiger partial charge on any atom is -0.265 e. The molecule has 0 aromatic carbocycles. The van der Waals surface area contributed by atoms with Crippen LogP contribution in [0.25, 0.3) is 0 Å². The Morgan fingerprint density at radius 2 is 0.526 bits per heavy atom. The Balaban J connectivity index is 0.000000249. The second-order valence-corrected chi connectivity index (χ2v) is 3.07. The Morgan fingerprint density at radius 1 is 0.316 bits per heavy atom. The molecular formula is C15H15IrN3. The van der Waals surface area contributed by atoms with Crippen molar-refractivity contribution in [2.24, 2.45) is 0 Å². The molecule has 0 saturated heterocycles. The van der Waals surface area contributed by atoms with Gasteiger partial charge in [0.2, 0.25) is 0 Å². The van der Waals surface area contributed by atoms with Gasteiger partial charge in [0, 0.05) is 57.3 Å². The van der Waals surface area contributed by atoms with E-state index in [0.717, 1.165) is 0 Å². The van der Waals surface area contributed by atoms with Gasteiger partial charge < -0.3 is 0 Å². The molecule has 3 aromatic heterocycles. The summed E-state index contributed by atoms with van der Waals surface area (Å²) in [4.78, 5) is 11.4. The molecule has 0 saturated carbocycles. The van der Waals surface area contributed by atoms with Gasteiger partial charge in [-0.05, 0) is 36.4 Å². The van der Waals surface area contributed by atoms with Gasteiger partial charge in [0.05, 0.1) is 0 Å². The van der Waals surface area contributed by atoms with E-state index in [4.69, 9.17) is 0 Å². The van der Waals surface area contributed by atoms with E-state index in [1.165, 1.54) is 0 Å². The van der Waals surface area contributed by atoms with E-state index in [-0.39, 0.29) is 20.1 Å². The zero-order valence-corrected chi connectivity index (χ0v) is 12.7. The summed E-state index contributed by atoms with van der Waals surface area (Å²) in [6.07, 6.45) is 10.5. The maximum Gasteiger partial charge on any atom is 0.0267 e. The molecule has 0 aliphatic heterocycles. The van der Waals surface area contributed by atoms with Crippen molar-refractivity contribution in [1.82, 2.24) is 15.0 Å². The van der Waals surface area contributed by atoms with E-state index in [9.17, 15) is 0 Å². The van der Waals surface area contributed by atoms with Gasteiger partial charge in [-0.2, -0.15) is 0 Å². The summed E-state index contributed by atoms with van der Waals surface area (Å²) in [6, 6.07) is 17.1. The first-order valence-electron chi connectivity index (χ1n) is 5.55. The maximum atomic E-state index is 3.78. The third kappa shape index (κ3) is 12.3. The van der Waals surface area contributed by atoms with Crippen molar-refractivity contribution in [2.45, 2.75) is 0 Å². The number of hydrogen-bond donors (Lipinski definition) is 0. The number of hydrogen-bond acceptors (Lipinski definition) is 3. The summed E-state index contributed by atoms with van der Waals surface area (Å²) in [5.74, 6) is 0. The fourth-order valence-corrected chi connectivity index (χ4v) is 0.938. The van der Waals surface area contributed by atoms with Crippen molar-refractivity contribution < 1.29 is 20.1 Å². The van der Waals surface area contributed by atoms with Gasteiger partial charge in [-0.15, -0.1) is 0 Å². The zero-order valence-electron chi connectivity index (χ0n) is 10.3. The molecule has 0 N–H and O–H groups in total. The van der Waals surface area contributed by atoms with Crippen LogP contribution in [-0.4, -0.2) is 15.0 Å². The van der Waals surface area contributed by atoms with Crippen LogP contribution in [0.3, 0.4) is 0 Å². The minimum atomic E-state index is 0. The van der Waals surface area contributed by atoms with Gasteiger partial charge >= 0.3 is 0 Å². The second-order valence-electron chi connectivity index (χ2n) is 3.07. The van der Waals surface area contributed by atoms with Gasteiger partial charge in [-0.25, -0.2) is 0 Å². The van der Waals surface area contributed by atoms with Crippen LogP contribution in [0.5, 0.6) is 0 Å². The fraction of sp³-hybridized carbons (Fsp3) is 0. The molecule has 3 heterocycles. The molecule has 3 rings (SSSR count). The van der Waals surface area contributed by atoms with Gasteiger partial charge in [0.15, 0.2) is 0 Å².